The molecule has 0 aliphatic heterocycles. The lowest BCUT2D eigenvalue weighted by Crippen LogP contribution is -2.13. The molecule has 17 heteroatoms. The van der Waals surface area contributed by atoms with E-state index >= 15 is 4.39 Å². The van der Waals surface area contributed by atoms with E-state index in [1.165, 1.54) is 102 Å². The highest BCUT2D eigenvalue weighted by Gasteiger charge is 2.29. The molecule has 0 unspecified atom stereocenters. The monoisotopic (exact) mass is 1470 g/mol. The molecule has 2 aliphatic carbocycles. The van der Waals surface area contributed by atoms with Crippen molar-refractivity contribution in [1.82, 2.24) is 0 Å². The van der Waals surface area contributed by atoms with Crippen molar-refractivity contribution in [2.24, 2.45) is 11.8 Å². The molecule has 8 rings (SSSR count). The number of carbonyl (C=O) groups is 4. The van der Waals surface area contributed by atoms with Gasteiger partial charge in [0.05, 0.1) is 26.4 Å². The molecule has 2 aliphatic rings. The van der Waals surface area contributed by atoms with Crippen LogP contribution in [0.1, 0.15) is 218 Å². The first-order valence-corrected chi connectivity index (χ1v) is 38.7. The number of halogens is 1. The van der Waals surface area contributed by atoms with Gasteiger partial charge in [-0.1, -0.05) is 141 Å². The highest BCUT2D eigenvalue weighted by Crippen LogP contribution is 2.49. The lowest BCUT2D eigenvalue weighted by atomic mass is 9.76. The Hall–Kier alpha value is -8.87. The first kappa shape index (κ1) is 85.4. The van der Waals surface area contributed by atoms with Crippen molar-refractivity contribution >= 4 is 23.9 Å². The van der Waals surface area contributed by atoms with Gasteiger partial charge < -0.3 is 58.3 Å². The van der Waals surface area contributed by atoms with Crippen LogP contribution in [0.4, 0.5) is 4.39 Å². The first-order valence-electron chi connectivity index (χ1n) is 38.7. The number of carbonyl (C=O) groups excluding carboxylic acids is 4. The largest absolute Gasteiger partial charge is 0.490 e. The van der Waals surface area contributed by atoms with E-state index in [0.29, 0.717) is 95.2 Å². The van der Waals surface area contributed by atoms with E-state index in [4.69, 9.17) is 37.9 Å². The summed E-state index contributed by atoms with van der Waals surface area (Å²) < 4.78 is 63.8. The van der Waals surface area contributed by atoms with Gasteiger partial charge in [-0.3, -0.25) is 0 Å². The fourth-order valence-corrected chi connectivity index (χ4v) is 13.6. The Balaban J connectivity index is 0.000000298. The summed E-state index contributed by atoms with van der Waals surface area (Å²) in [7, 11) is 0. The average molecular weight is 1470 g/mol. The van der Waals surface area contributed by atoms with Crippen molar-refractivity contribution in [1.29, 1.82) is 0 Å². The summed E-state index contributed by atoms with van der Waals surface area (Å²) >= 11 is 0. The molecule has 4 N–H and O–H groups in total. The number of unbranched alkanes of at least 4 members (excludes halogenated alkanes) is 6. The predicted octanol–water partition coefficient (Wildman–Crippen LogP) is 20.2. The van der Waals surface area contributed by atoms with Crippen LogP contribution < -0.4 is 37.9 Å². The Labute approximate surface area is 634 Å². The number of hydrogen-bond acceptors (Lipinski definition) is 16. The fourth-order valence-electron chi connectivity index (χ4n) is 13.6. The third-order valence-electron chi connectivity index (χ3n) is 19.7. The summed E-state index contributed by atoms with van der Waals surface area (Å²) in [5.41, 5.74) is 9.39. The highest BCUT2D eigenvalue weighted by molar-refractivity contribution is 5.94. The lowest BCUT2D eigenvalue weighted by molar-refractivity contribution is -0.131. The molecule has 0 radical (unpaired) electrons. The molecule has 2 saturated carbocycles. The minimum atomic E-state index is -0.676. The van der Waals surface area contributed by atoms with Gasteiger partial charge in [-0.2, -0.15) is 0 Å². The van der Waals surface area contributed by atoms with Crippen LogP contribution in [0.5, 0.6) is 46.0 Å². The average Bonchev–Trinajstić information content (AvgIpc) is 0.777. The Kier molecular flexibility index (Phi) is 35.5. The molecule has 16 nitrogen and oxygen atoms in total. The molecule has 0 amide bonds. The van der Waals surface area contributed by atoms with E-state index in [0.717, 1.165) is 60.6 Å². The van der Waals surface area contributed by atoms with Crippen LogP contribution in [0.15, 0.2) is 146 Å². The maximum absolute atomic E-state index is 16.2. The van der Waals surface area contributed by atoms with Crippen LogP contribution in [-0.4, -0.2) is 97.2 Å². The number of hydrogen-bond donors (Lipinski definition) is 4. The van der Waals surface area contributed by atoms with Crippen molar-refractivity contribution in [3.63, 3.8) is 0 Å². The van der Waals surface area contributed by atoms with E-state index in [-0.39, 0.29) is 115 Å². The number of aryl methyl sites for hydroxylation is 1. The van der Waals surface area contributed by atoms with E-state index in [9.17, 15) is 39.6 Å². The first-order chi connectivity index (χ1) is 51.6. The van der Waals surface area contributed by atoms with Gasteiger partial charge in [-0.25, -0.2) is 23.6 Å². The number of rotatable bonds is 41. The topological polar surface area (TPSA) is 223 Å². The van der Waals surface area contributed by atoms with E-state index in [2.05, 4.69) is 65.3 Å². The number of aliphatic hydroxyl groups excluding tert-OH is 4. The Morgan fingerprint density at radius 2 is 0.738 bits per heavy atom. The molecular formula is C90H115FO16. The zero-order valence-corrected chi connectivity index (χ0v) is 64.4. The van der Waals surface area contributed by atoms with Crippen molar-refractivity contribution in [3.05, 3.63) is 168 Å². The summed E-state index contributed by atoms with van der Waals surface area (Å²) in [6.07, 6.45) is 23.4. The zero-order valence-electron chi connectivity index (χ0n) is 64.4. The summed E-state index contributed by atoms with van der Waals surface area (Å²) in [5.74, 6) is 1.34. The van der Waals surface area contributed by atoms with Gasteiger partial charge in [0.15, 0.2) is 46.0 Å². The zero-order chi connectivity index (χ0) is 77.4. The minimum absolute atomic E-state index is 0.0127. The molecule has 0 bridgehead atoms. The summed E-state index contributed by atoms with van der Waals surface area (Å²) in [6, 6.07) is 29.6. The molecule has 0 aromatic heterocycles. The molecule has 107 heavy (non-hydrogen) atoms. The molecular weight excluding hydrogens is 1360 g/mol. The number of benzene rings is 6. The summed E-state index contributed by atoms with van der Waals surface area (Å²) in [6.45, 7) is 28.4. The normalized spacial score (nSPS) is 15.4. The molecule has 2 fully saturated rings. The standard InChI is InChI=1S/C46H60O8.C44H55FO8/c1-7-9-10-14-33-15-17-35(18-16-33)36-19-21-39(34(8-2)27-36)38-28-40(44(52-25-12-11-23-47)43(30-38)54-46(50)32(5)6)37-20-22-41(53-45(49)31(3)4)42(29-37)51-26-13-24-48;1-6-7-8-12-31-13-15-32(16-14-31)33-17-19-36(38(45)26-33)35-25-37(42(51-23-10-9-21-46)41(28-35)53-44(49)30(4)5)34-18-20-39(52-43(48)29(2)3)40(27-34)50-24-11-22-47/h19-22,27-30,33,35,47-48H,3,5,7-18,23-26H2,1-2,4,6H3;17-20,25-28,31-32,46-47H,2,4,6-16,21-24H2,1,3,5H3. The Morgan fingerprint density at radius 3 is 1.11 bits per heavy atom. The minimum Gasteiger partial charge on any atom is -0.490 e. The van der Waals surface area contributed by atoms with Crippen molar-refractivity contribution in [2.45, 2.75) is 208 Å². The maximum Gasteiger partial charge on any atom is 0.338 e. The van der Waals surface area contributed by atoms with Crippen LogP contribution in [0, 0.1) is 17.7 Å². The second kappa shape index (κ2) is 44.4. The molecule has 578 valence electrons. The SMILES string of the molecule is C=C(C)C(=O)Oc1ccc(-c2cc(-c3ccc(C4CCC(CCCCC)CC4)cc3CC)cc(OC(=O)C(=C)C)c2OCCCCO)cc1OCCCO.C=C(C)C(=O)Oc1ccc(-c2cc(-c3ccc(C4CCC(CCCCC)CC4)cc3F)cc(OC(=O)C(=C)C)c2OCCCCO)cc1OCCCO. The van der Waals surface area contributed by atoms with Gasteiger partial charge in [-0.05, 0) is 234 Å². The fraction of sp³-hybridized carbons (Fsp3) is 0.467. The predicted molar refractivity (Wildman–Crippen MR) is 421 cm³/mol. The van der Waals surface area contributed by atoms with Gasteiger partial charge in [0.25, 0.3) is 0 Å². The molecule has 0 saturated heterocycles. The van der Waals surface area contributed by atoms with Crippen LogP contribution in [0.3, 0.4) is 0 Å². The van der Waals surface area contributed by atoms with Crippen molar-refractivity contribution < 1.29 is 81.9 Å². The summed E-state index contributed by atoms with van der Waals surface area (Å²) in [5, 5.41) is 37.6. The van der Waals surface area contributed by atoms with Gasteiger partial charge in [0.2, 0.25) is 0 Å². The quantitative estimate of drug-likeness (QED) is 0.0121. The van der Waals surface area contributed by atoms with E-state index in [1.54, 1.807) is 74.5 Å². The molecule has 0 spiro atoms. The van der Waals surface area contributed by atoms with Crippen LogP contribution in [-0.2, 0) is 25.6 Å². The molecule has 6 aromatic rings. The van der Waals surface area contributed by atoms with E-state index < -0.39 is 23.9 Å². The smallest absolute Gasteiger partial charge is 0.338 e. The molecule has 6 aromatic carbocycles. The molecule has 0 atom stereocenters. The van der Waals surface area contributed by atoms with E-state index in [1.807, 2.05) is 18.2 Å². The lowest BCUT2D eigenvalue weighted by Gasteiger charge is -2.29. The third kappa shape index (κ3) is 25.6. The van der Waals surface area contributed by atoms with Gasteiger partial charge >= 0.3 is 23.9 Å². The highest BCUT2D eigenvalue weighted by atomic mass is 19.1. The van der Waals surface area contributed by atoms with Gasteiger partial charge in [-0.15, -0.1) is 0 Å². The second-order valence-corrected chi connectivity index (χ2v) is 28.6. The maximum atomic E-state index is 16.2. The third-order valence-corrected chi connectivity index (χ3v) is 19.7. The Morgan fingerprint density at radius 1 is 0.374 bits per heavy atom. The second-order valence-electron chi connectivity index (χ2n) is 28.6. The number of ether oxygens (including phenoxy) is 8. The number of esters is 4. The van der Waals surface area contributed by atoms with Gasteiger partial charge in [0, 0.05) is 78.3 Å². The van der Waals surface area contributed by atoms with Crippen molar-refractivity contribution in [2.75, 3.05) is 52.9 Å². The van der Waals surface area contributed by atoms with Crippen LogP contribution in [0.2, 0.25) is 0 Å². The van der Waals surface area contributed by atoms with Gasteiger partial charge in [0.1, 0.15) is 5.82 Å². The number of aliphatic hydroxyl groups is 4. The van der Waals surface area contributed by atoms with Crippen LogP contribution in [0.25, 0.3) is 44.5 Å². The van der Waals surface area contributed by atoms with Crippen molar-refractivity contribution in [3.8, 4) is 90.5 Å². The summed E-state index contributed by atoms with van der Waals surface area (Å²) in [4.78, 5) is 51.0. The Bertz CT molecular complexity index is 3960. The molecule has 0 heterocycles. The van der Waals surface area contributed by atoms with Crippen LogP contribution >= 0.6 is 0 Å².